The first kappa shape index (κ1) is 14.1. The molecule has 1 saturated carbocycles. The highest BCUT2D eigenvalue weighted by molar-refractivity contribution is 7.11. The van der Waals surface area contributed by atoms with Crippen LogP contribution in [0.2, 0.25) is 0 Å². The Balaban J connectivity index is 1.87. The number of rotatable bonds is 7. The molecule has 1 heterocycles. The highest BCUT2D eigenvalue weighted by atomic mass is 32.1. The van der Waals surface area contributed by atoms with Gasteiger partial charge in [-0.3, -0.25) is 0 Å². The Kier molecular flexibility index (Phi) is 5.71. The first-order valence-electron chi connectivity index (χ1n) is 7.62. The van der Waals surface area contributed by atoms with Crippen LogP contribution in [-0.2, 0) is 12.8 Å². The Hall–Kier alpha value is -0.340. The molecule has 1 aliphatic rings. The first-order valence-corrected chi connectivity index (χ1v) is 8.44. The van der Waals surface area contributed by atoms with Crippen LogP contribution < -0.4 is 5.32 Å². The van der Waals surface area contributed by atoms with Gasteiger partial charge >= 0.3 is 0 Å². The van der Waals surface area contributed by atoms with Crippen molar-refractivity contribution >= 4 is 11.3 Å². The van der Waals surface area contributed by atoms with E-state index in [0.29, 0.717) is 6.04 Å². The van der Waals surface area contributed by atoms with Crippen molar-refractivity contribution in [2.24, 2.45) is 5.92 Å². The third-order valence-electron chi connectivity index (χ3n) is 4.10. The SMILES string of the molecule is CCNC(Cc1ccc(CC)s1)CC1CCCC1. The summed E-state index contributed by atoms with van der Waals surface area (Å²) < 4.78 is 0. The minimum atomic E-state index is 0.696. The molecular weight excluding hydrogens is 238 g/mol. The molecule has 0 aromatic carbocycles. The van der Waals surface area contributed by atoms with Gasteiger partial charge in [0.2, 0.25) is 0 Å². The molecule has 1 aromatic rings. The Labute approximate surface area is 116 Å². The molecule has 2 rings (SSSR count). The fraction of sp³-hybridized carbons (Fsp3) is 0.750. The van der Waals surface area contributed by atoms with Gasteiger partial charge < -0.3 is 5.32 Å². The van der Waals surface area contributed by atoms with Gasteiger partial charge in [-0.05, 0) is 43.9 Å². The van der Waals surface area contributed by atoms with Crippen molar-refractivity contribution in [3.63, 3.8) is 0 Å². The molecule has 0 radical (unpaired) electrons. The molecule has 0 amide bonds. The van der Waals surface area contributed by atoms with E-state index in [1.807, 2.05) is 11.3 Å². The topological polar surface area (TPSA) is 12.0 Å². The zero-order valence-electron chi connectivity index (χ0n) is 11.9. The minimum absolute atomic E-state index is 0.696. The molecule has 0 bridgehead atoms. The Morgan fingerprint density at radius 2 is 1.94 bits per heavy atom. The summed E-state index contributed by atoms with van der Waals surface area (Å²) in [4.78, 5) is 3.09. The second-order valence-corrected chi connectivity index (χ2v) is 6.82. The zero-order chi connectivity index (χ0) is 12.8. The van der Waals surface area contributed by atoms with E-state index in [1.165, 1.54) is 49.8 Å². The summed E-state index contributed by atoms with van der Waals surface area (Å²) in [6.07, 6.45) is 9.64. The van der Waals surface area contributed by atoms with Gasteiger partial charge in [0.1, 0.15) is 0 Å². The number of hydrogen-bond donors (Lipinski definition) is 1. The van der Waals surface area contributed by atoms with E-state index in [4.69, 9.17) is 0 Å². The third-order valence-corrected chi connectivity index (χ3v) is 5.35. The lowest BCUT2D eigenvalue weighted by Gasteiger charge is -2.20. The molecule has 2 heteroatoms. The number of aryl methyl sites for hydroxylation is 1. The van der Waals surface area contributed by atoms with E-state index in [9.17, 15) is 0 Å². The summed E-state index contributed by atoms with van der Waals surface area (Å²) in [6.45, 7) is 5.58. The molecule has 1 N–H and O–H groups in total. The van der Waals surface area contributed by atoms with Crippen molar-refractivity contribution in [3.05, 3.63) is 21.9 Å². The smallest absolute Gasteiger partial charge is 0.0118 e. The van der Waals surface area contributed by atoms with Crippen molar-refractivity contribution in [2.45, 2.75) is 64.8 Å². The Morgan fingerprint density at radius 1 is 1.22 bits per heavy atom. The maximum Gasteiger partial charge on any atom is 0.0118 e. The summed E-state index contributed by atoms with van der Waals surface area (Å²) >= 11 is 2.00. The van der Waals surface area contributed by atoms with Crippen LogP contribution >= 0.6 is 11.3 Å². The van der Waals surface area contributed by atoms with Crippen LogP contribution in [0.1, 0.15) is 55.7 Å². The number of nitrogens with one attached hydrogen (secondary N) is 1. The van der Waals surface area contributed by atoms with E-state index < -0.39 is 0 Å². The second kappa shape index (κ2) is 7.30. The monoisotopic (exact) mass is 265 g/mol. The lowest BCUT2D eigenvalue weighted by atomic mass is 9.96. The molecule has 1 unspecified atom stereocenters. The lowest BCUT2D eigenvalue weighted by Crippen LogP contribution is -2.32. The molecule has 0 aliphatic heterocycles. The number of likely N-dealkylation sites (N-methyl/N-ethyl adjacent to an activating group) is 1. The molecule has 0 spiro atoms. The van der Waals surface area contributed by atoms with Crippen LogP contribution in [0, 0.1) is 5.92 Å². The van der Waals surface area contributed by atoms with Gasteiger partial charge in [-0.15, -0.1) is 11.3 Å². The van der Waals surface area contributed by atoms with Gasteiger partial charge in [0.15, 0.2) is 0 Å². The summed E-state index contributed by atoms with van der Waals surface area (Å²) in [6, 6.07) is 5.34. The van der Waals surface area contributed by atoms with Crippen LogP contribution in [0.5, 0.6) is 0 Å². The van der Waals surface area contributed by atoms with E-state index in [1.54, 1.807) is 4.88 Å². The predicted octanol–water partition coefficient (Wildman–Crippen LogP) is 4.41. The van der Waals surface area contributed by atoms with Gasteiger partial charge in [0, 0.05) is 15.8 Å². The molecular formula is C16H27NS. The first-order chi connectivity index (χ1) is 8.81. The normalized spacial score (nSPS) is 18.3. The summed E-state index contributed by atoms with van der Waals surface area (Å²) in [5.41, 5.74) is 0. The molecule has 102 valence electrons. The maximum absolute atomic E-state index is 3.69. The van der Waals surface area contributed by atoms with Crippen LogP contribution in [0.25, 0.3) is 0 Å². The number of hydrogen-bond acceptors (Lipinski definition) is 2. The van der Waals surface area contributed by atoms with Crippen molar-refractivity contribution in [1.82, 2.24) is 5.32 Å². The maximum atomic E-state index is 3.69. The van der Waals surface area contributed by atoms with Crippen molar-refractivity contribution < 1.29 is 0 Å². The van der Waals surface area contributed by atoms with E-state index in [2.05, 4.69) is 31.3 Å². The molecule has 1 atom stereocenters. The average Bonchev–Trinajstić information content (AvgIpc) is 3.00. The van der Waals surface area contributed by atoms with E-state index in [0.717, 1.165) is 12.5 Å². The van der Waals surface area contributed by atoms with Crippen molar-refractivity contribution in [1.29, 1.82) is 0 Å². The number of thiophene rings is 1. The highest BCUT2D eigenvalue weighted by Crippen LogP contribution is 2.30. The van der Waals surface area contributed by atoms with Crippen LogP contribution in [0.3, 0.4) is 0 Å². The predicted molar refractivity (Wildman–Crippen MR) is 81.4 cm³/mol. The standard InChI is InChI=1S/C16H27NS/c1-3-15-9-10-16(18-15)12-14(17-4-2)11-13-7-5-6-8-13/h9-10,13-14,17H,3-8,11-12H2,1-2H3. The Bertz CT molecular complexity index is 339. The largest absolute Gasteiger partial charge is 0.314 e. The van der Waals surface area contributed by atoms with Crippen molar-refractivity contribution in [3.8, 4) is 0 Å². The molecule has 0 saturated heterocycles. The summed E-state index contributed by atoms with van der Waals surface area (Å²) in [7, 11) is 0. The zero-order valence-corrected chi connectivity index (χ0v) is 12.7. The quantitative estimate of drug-likeness (QED) is 0.770. The average molecular weight is 265 g/mol. The Morgan fingerprint density at radius 3 is 2.56 bits per heavy atom. The van der Waals surface area contributed by atoms with Crippen LogP contribution in [-0.4, -0.2) is 12.6 Å². The fourth-order valence-corrected chi connectivity index (χ4v) is 4.18. The van der Waals surface area contributed by atoms with Crippen LogP contribution in [0.4, 0.5) is 0 Å². The minimum Gasteiger partial charge on any atom is -0.314 e. The second-order valence-electron chi connectivity index (χ2n) is 5.57. The van der Waals surface area contributed by atoms with E-state index in [-0.39, 0.29) is 0 Å². The third kappa shape index (κ3) is 4.10. The lowest BCUT2D eigenvalue weighted by molar-refractivity contribution is 0.391. The molecule has 1 fully saturated rings. The van der Waals surface area contributed by atoms with Crippen LogP contribution in [0.15, 0.2) is 12.1 Å². The van der Waals surface area contributed by atoms with Gasteiger partial charge in [-0.1, -0.05) is 39.5 Å². The van der Waals surface area contributed by atoms with Gasteiger partial charge in [0.25, 0.3) is 0 Å². The van der Waals surface area contributed by atoms with Gasteiger partial charge in [0.05, 0.1) is 0 Å². The highest BCUT2D eigenvalue weighted by Gasteiger charge is 2.20. The molecule has 1 aromatic heterocycles. The molecule has 18 heavy (non-hydrogen) atoms. The molecule has 1 aliphatic carbocycles. The van der Waals surface area contributed by atoms with E-state index >= 15 is 0 Å². The molecule has 1 nitrogen and oxygen atoms in total. The fourth-order valence-electron chi connectivity index (χ4n) is 3.14. The summed E-state index contributed by atoms with van der Waals surface area (Å²) in [5.74, 6) is 0.986. The summed E-state index contributed by atoms with van der Waals surface area (Å²) in [5, 5.41) is 3.69. The van der Waals surface area contributed by atoms with Gasteiger partial charge in [-0.2, -0.15) is 0 Å². The van der Waals surface area contributed by atoms with Crippen molar-refractivity contribution in [2.75, 3.05) is 6.54 Å². The van der Waals surface area contributed by atoms with Gasteiger partial charge in [-0.25, -0.2) is 0 Å².